The second-order valence-corrected chi connectivity index (χ2v) is 3.64. The Balaban J connectivity index is 2.71. The summed E-state index contributed by atoms with van der Waals surface area (Å²) in [4.78, 5) is 36.1. The Hall–Kier alpha value is -2.51. The number of carboxylic acids is 2. The molecular weight excluding hydrogens is 259 g/mol. The number of rotatable bonds is 6. The molecule has 0 unspecified atom stereocenters. The molecule has 1 aromatic heterocycles. The molecule has 1 aromatic rings. The molecule has 0 aromatic carbocycles. The number of carbonyl (C=O) groups is 3. The first-order valence-corrected chi connectivity index (χ1v) is 5.28. The summed E-state index contributed by atoms with van der Waals surface area (Å²) in [6.45, 7) is 0. The number of aromatic nitrogens is 1. The topological polar surface area (TPSA) is 117 Å². The fourth-order valence-electron chi connectivity index (χ4n) is 1.29. The SMILES string of the molecule is O=C(O)CC[C@H](NC(=O)c1cccc(F)n1)C(=O)O. The first kappa shape index (κ1) is 14.6. The zero-order valence-electron chi connectivity index (χ0n) is 9.67. The fraction of sp³-hybridized carbons (Fsp3) is 0.273. The van der Waals surface area contributed by atoms with Crippen LogP contribution >= 0.6 is 0 Å². The highest BCUT2D eigenvalue weighted by Gasteiger charge is 2.22. The molecule has 1 amide bonds. The molecule has 0 saturated heterocycles. The van der Waals surface area contributed by atoms with E-state index in [1.807, 2.05) is 0 Å². The van der Waals surface area contributed by atoms with E-state index < -0.39 is 36.3 Å². The third-order valence-corrected chi connectivity index (χ3v) is 2.20. The third-order valence-electron chi connectivity index (χ3n) is 2.20. The predicted octanol–water partition coefficient (Wildman–Crippen LogP) is 0.268. The van der Waals surface area contributed by atoms with Crippen LogP contribution < -0.4 is 5.32 Å². The highest BCUT2D eigenvalue weighted by atomic mass is 19.1. The molecule has 0 radical (unpaired) electrons. The van der Waals surface area contributed by atoms with Crippen molar-refractivity contribution in [3.8, 4) is 0 Å². The average molecular weight is 270 g/mol. The van der Waals surface area contributed by atoms with Gasteiger partial charge >= 0.3 is 11.9 Å². The lowest BCUT2D eigenvalue weighted by molar-refractivity contribution is -0.140. The number of nitrogens with one attached hydrogen (secondary N) is 1. The van der Waals surface area contributed by atoms with E-state index in [1.165, 1.54) is 12.1 Å². The van der Waals surface area contributed by atoms with Gasteiger partial charge in [0.05, 0.1) is 0 Å². The summed E-state index contributed by atoms with van der Waals surface area (Å²) in [5, 5.41) is 19.4. The van der Waals surface area contributed by atoms with Crippen molar-refractivity contribution in [1.82, 2.24) is 10.3 Å². The maximum Gasteiger partial charge on any atom is 0.326 e. The van der Waals surface area contributed by atoms with Gasteiger partial charge in [-0.05, 0) is 18.6 Å². The van der Waals surface area contributed by atoms with Crippen molar-refractivity contribution in [3.05, 3.63) is 29.8 Å². The summed E-state index contributed by atoms with van der Waals surface area (Å²) in [6, 6.07) is 2.14. The summed E-state index contributed by atoms with van der Waals surface area (Å²) < 4.78 is 12.8. The number of halogens is 1. The second-order valence-electron chi connectivity index (χ2n) is 3.64. The van der Waals surface area contributed by atoms with E-state index in [0.717, 1.165) is 6.07 Å². The van der Waals surface area contributed by atoms with E-state index in [0.29, 0.717) is 0 Å². The summed E-state index contributed by atoms with van der Waals surface area (Å²) in [7, 11) is 0. The first-order valence-electron chi connectivity index (χ1n) is 5.28. The Kier molecular flexibility index (Phi) is 4.92. The van der Waals surface area contributed by atoms with Crippen molar-refractivity contribution >= 4 is 17.8 Å². The number of aliphatic carboxylic acids is 2. The number of carboxylic acid groups (broad SMARTS) is 2. The van der Waals surface area contributed by atoms with Crippen LogP contribution in [0.15, 0.2) is 18.2 Å². The zero-order chi connectivity index (χ0) is 14.4. The van der Waals surface area contributed by atoms with E-state index in [1.54, 1.807) is 0 Å². The van der Waals surface area contributed by atoms with Crippen LogP contribution in [0.2, 0.25) is 0 Å². The summed E-state index contributed by atoms with van der Waals surface area (Å²) in [5.41, 5.74) is -0.276. The number of carbonyl (C=O) groups excluding carboxylic acids is 1. The molecule has 1 atom stereocenters. The standard InChI is InChI=1S/C11H11FN2O5/c12-8-3-1-2-6(13-8)10(17)14-7(11(18)19)4-5-9(15)16/h1-3,7H,4-5H2,(H,14,17)(H,15,16)(H,18,19)/t7-/m0/s1. The Morgan fingerprint density at radius 3 is 2.53 bits per heavy atom. The van der Waals surface area contributed by atoms with Crippen molar-refractivity contribution in [1.29, 1.82) is 0 Å². The molecule has 1 rings (SSSR count). The monoisotopic (exact) mass is 270 g/mol. The highest BCUT2D eigenvalue weighted by molar-refractivity contribution is 5.94. The number of nitrogens with zero attached hydrogens (tertiary/aromatic N) is 1. The fourth-order valence-corrected chi connectivity index (χ4v) is 1.29. The quantitative estimate of drug-likeness (QED) is 0.639. The predicted molar refractivity (Wildman–Crippen MR) is 60.0 cm³/mol. The maximum absolute atomic E-state index is 12.8. The molecule has 102 valence electrons. The van der Waals surface area contributed by atoms with Gasteiger partial charge in [0.1, 0.15) is 11.7 Å². The molecule has 0 aliphatic rings. The van der Waals surface area contributed by atoms with Crippen LogP contribution in [0.5, 0.6) is 0 Å². The van der Waals surface area contributed by atoms with Crippen molar-refractivity contribution in [3.63, 3.8) is 0 Å². The molecule has 8 heteroatoms. The summed E-state index contributed by atoms with van der Waals surface area (Å²) in [5.74, 6) is -4.29. The minimum Gasteiger partial charge on any atom is -0.481 e. The van der Waals surface area contributed by atoms with Crippen molar-refractivity contribution < 1.29 is 29.0 Å². The van der Waals surface area contributed by atoms with Crippen LogP contribution in [0.3, 0.4) is 0 Å². The normalized spacial score (nSPS) is 11.6. The summed E-state index contributed by atoms with van der Waals surface area (Å²) >= 11 is 0. The number of amides is 1. The van der Waals surface area contributed by atoms with Gasteiger partial charge in [0.2, 0.25) is 5.95 Å². The smallest absolute Gasteiger partial charge is 0.326 e. The molecule has 0 aliphatic heterocycles. The molecular formula is C11H11FN2O5. The Morgan fingerprint density at radius 2 is 2.00 bits per heavy atom. The lowest BCUT2D eigenvalue weighted by Crippen LogP contribution is -2.41. The number of pyridine rings is 1. The number of hydrogen-bond acceptors (Lipinski definition) is 4. The molecule has 3 N–H and O–H groups in total. The largest absolute Gasteiger partial charge is 0.481 e. The minimum absolute atomic E-state index is 0.272. The van der Waals surface area contributed by atoms with Crippen LogP contribution in [-0.4, -0.2) is 39.1 Å². The van der Waals surface area contributed by atoms with E-state index in [-0.39, 0.29) is 12.1 Å². The van der Waals surface area contributed by atoms with E-state index >= 15 is 0 Å². The van der Waals surface area contributed by atoms with E-state index in [9.17, 15) is 18.8 Å². The van der Waals surface area contributed by atoms with Gasteiger partial charge in [-0.2, -0.15) is 4.39 Å². The highest BCUT2D eigenvalue weighted by Crippen LogP contribution is 2.02. The lowest BCUT2D eigenvalue weighted by atomic mass is 10.1. The molecule has 0 saturated carbocycles. The lowest BCUT2D eigenvalue weighted by Gasteiger charge is -2.12. The van der Waals surface area contributed by atoms with Gasteiger partial charge in [-0.1, -0.05) is 6.07 Å². The Labute approximate surface area is 107 Å². The molecule has 1 heterocycles. The molecule has 7 nitrogen and oxygen atoms in total. The van der Waals surface area contributed by atoms with Gasteiger partial charge < -0.3 is 15.5 Å². The first-order chi connectivity index (χ1) is 8.90. The zero-order valence-corrected chi connectivity index (χ0v) is 9.67. The third kappa shape index (κ3) is 4.70. The van der Waals surface area contributed by atoms with Gasteiger partial charge in [0.25, 0.3) is 5.91 Å². The van der Waals surface area contributed by atoms with Crippen molar-refractivity contribution in [2.75, 3.05) is 0 Å². The van der Waals surface area contributed by atoms with Crippen LogP contribution in [0.25, 0.3) is 0 Å². The summed E-state index contributed by atoms with van der Waals surface area (Å²) in [6.07, 6.45) is -0.681. The van der Waals surface area contributed by atoms with Crippen LogP contribution in [-0.2, 0) is 9.59 Å². The average Bonchev–Trinajstić information content (AvgIpc) is 2.33. The Morgan fingerprint density at radius 1 is 1.32 bits per heavy atom. The van der Waals surface area contributed by atoms with Crippen molar-refractivity contribution in [2.24, 2.45) is 0 Å². The van der Waals surface area contributed by atoms with Gasteiger partial charge in [-0.15, -0.1) is 0 Å². The van der Waals surface area contributed by atoms with Gasteiger partial charge in [-0.25, -0.2) is 9.78 Å². The van der Waals surface area contributed by atoms with E-state index in [2.05, 4.69) is 10.3 Å². The minimum atomic E-state index is -1.37. The van der Waals surface area contributed by atoms with Crippen LogP contribution in [0.1, 0.15) is 23.3 Å². The van der Waals surface area contributed by atoms with E-state index in [4.69, 9.17) is 10.2 Å². The molecule has 0 bridgehead atoms. The van der Waals surface area contributed by atoms with Gasteiger partial charge in [-0.3, -0.25) is 9.59 Å². The molecule has 19 heavy (non-hydrogen) atoms. The van der Waals surface area contributed by atoms with Crippen LogP contribution in [0.4, 0.5) is 4.39 Å². The molecule has 0 fully saturated rings. The van der Waals surface area contributed by atoms with Crippen LogP contribution in [0, 0.1) is 5.95 Å². The second kappa shape index (κ2) is 6.43. The Bertz CT molecular complexity index is 506. The molecule has 0 spiro atoms. The number of hydrogen-bond donors (Lipinski definition) is 3. The maximum atomic E-state index is 12.8. The van der Waals surface area contributed by atoms with Gasteiger partial charge in [0.15, 0.2) is 0 Å². The molecule has 0 aliphatic carbocycles. The van der Waals surface area contributed by atoms with Gasteiger partial charge in [0, 0.05) is 6.42 Å². The van der Waals surface area contributed by atoms with Crippen molar-refractivity contribution in [2.45, 2.75) is 18.9 Å².